The van der Waals surface area contributed by atoms with E-state index >= 15 is 0 Å². The first-order valence-corrected chi connectivity index (χ1v) is 9.94. The van der Waals surface area contributed by atoms with Crippen LogP contribution in [0.25, 0.3) is 11.0 Å². The Morgan fingerprint density at radius 3 is 2.79 bits per heavy atom. The van der Waals surface area contributed by atoms with E-state index in [0.717, 1.165) is 41.3 Å². The second-order valence-corrected chi connectivity index (χ2v) is 7.43. The summed E-state index contributed by atoms with van der Waals surface area (Å²) in [4.78, 5) is 35.3. The van der Waals surface area contributed by atoms with Gasteiger partial charge < -0.3 is 10.2 Å². The molecule has 1 fully saturated rings. The van der Waals surface area contributed by atoms with Crippen LogP contribution in [0.4, 0.5) is 0 Å². The molecule has 0 aliphatic carbocycles. The minimum Gasteiger partial charge on any atom is -0.348 e. The lowest BCUT2D eigenvalue weighted by Crippen LogP contribution is -2.37. The third-order valence-corrected chi connectivity index (χ3v) is 5.42. The summed E-state index contributed by atoms with van der Waals surface area (Å²) in [6, 6.07) is 5.43. The second-order valence-electron chi connectivity index (χ2n) is 6.90. The summed E-state index contributed by atoms with van der Waals surface area (Å²) >= 11 is 1.14. The van der Waals surface area contributed by atoms with Gasteiger partial charge in [0.25, 0.3) is 11.8 Å². The van der Waals surface area contributed by atoms with Crippen LogP contribution in [0.2, 0.25) is 0 Å². The summed E-state index contributed by atoms with van der Waals surface area (Å²) in [6.45, 7) is 3.09. The zero-order valence-electron chi connectivity index (χ0n) is 15.5. The van der Waals surface area contributed by atoms with E-state index in [2.05, 4.69) is 24.0 Å². The van der Waals surface area contributed by atoms with Crippen LogP contribution in [0.5, 0.6) is 0 Å². The summed E-state index contributed by atoms with van der Waals surface area (Å²) in [7, 11) is 0. The summed E-state index contributed by atoms with van der Waals surface area (Å²) in [5, 5.41) is 3.02. The Bertz CT molecular complexity index is 1000. The van der Waals surface area contributed by atoms with Crippen molar-refractivity contribution in [1.82, 2.24) is 28.9 Å². The topological polar surface area (TPSA) is 101 Å². The average Bonchev–Trinajstić information content (AvgIpc) is 3.06. The van der Waals surface area contributed by atoms with Crippen molar-refractivity contribution in [3.8, 4) is 0 Å². The molecule has 28 heavy (non-hydrogen) atoms. The number of hydrogen-bond acceptors (Lipinski definition) is 7. The summed E-state index contributed by atoms with van der Waals surface area (Å²) in [5.74, 6) is -0.231. The van der Waals surface area contributed by atoms with Gasteiger partial charge in [0.1, 0.15) is 16.7 Å². The third kappa shape index (κ3) is 3.99. The number of hydrogen-bond donors (Lipinski definition) is 1. The van der Waals surface area contributed by atoms with Crippen molar-refractivity contribution in [2.45, 2.75) is 32.2 Å². The second kappa shape index (κ2) is 7.97. The lowest BCUT2D eigenvalue weighted by molar-refractivity contribution is 0.0761. The van der Waals surface area contributed by atoms with Gasteiger partial charge in [-0.15, -0.1) is 0 Å². The molecule has 1 aliphatic heterocycles. The SMILES string of the molecule is Cc1cnc(C(=O)NC2CCCN(C(=O)c3ccc4nsnc4c3)CC2)cn1. The number of carbonyl (C=O) groups excluding carboxylic acids is 2. The number of likely N-dealkylation sites (tertiary alicyclic amines) is 1. The van der Waals surface area contributed by atoms with Crippen LogP contribution in [0, 0.1) is 6.92 Å². The van der Waals surface area contributed by atoms with Crippen LogP contribution in [-0.2, 0) is 0 Å². The smallest absolute Gasteiger partial charge is 0.271 e. The highest BCUT2D eigenvalue weighted by atomic mass is 32.1. The molecule has 144 valence electrons. The molecule has 1 aromatic carbocycles. The third-order valence-electron chi connectivity index (χ3n) is 4.86. The minimum atomic E-state index is -0.223. The van der Waals surface area contributed by atoms with E-state index in [0.29, 0.717) is 30.8 Å². The molecule has 0 bridgehead atoms. The summed E-state index contributed by atoms with van der Waals surface area (Å²) in [5.41, 5.74) is 3.26. The molecule has 3 heterocycles. The maximum absolute atomic E-state index is 12.9. The Labute approximate surface area is 166 Å². The van der Waals surface area contributed by atoms with Crippen molar-refractivity contribution in [3.05, 3.63) is 47.5 Å². The molecular weight excluding hydrogens is 376 g/mol. The largest absolute Gasteiger partial charge is 0.348 e. The van der Waals surface area contributed by atoms with Crippen LogP contribution in [-0.4, -0.2) is 54.6 Å². The van der Waals surface area contributed by atoms with Crippen LogP contribution >= 0.6 is 11.7 Å². The van der Waals surface area contributed by atoms with Gasteiger partial charge in [-0.05, 0) is 44.4 Å². The summed E-state index contributed by atoms with van der Waals surface area (Å²) in [6.07, 6.45) is 5.43. The molecule has 0 saturated carbocycles. The van der Waals surface area contributed by atoms with Gasteiger partial charge in [-0.3, -0.25) is 14.6 Å². The molecule has 0 radical (unpaired) electrons. The molecule has 1 atom stereocenters. The number of fused-ring (bicyclic) bond motifs is 1. The van der Waals surface area contributed by atoms with Crippen molar-refractivity contribution in [2.75, 3.05) is 13.1 Å². The van der Waals surface area contributed by atoms with Gasteiger partial charge in [0, 0.05) is 30.9 Å². The summed E-state index contributed by atoms with van der Waals surface area (Å²) < 4.78 is 8.38. The van der Waals surface area contributed by atoms with E-state index in [1.54, 1.807) is 18.3 Å². The number of nitrogens with zero attached hydrogens (tertiary/aromatic N) is 5. The van der Waals surface area contributed by atoms with E-state index in [4.69, 9.17) is 0 Å². The fraction of sp³-hybridized carbons (Fsp3) is 0.368. The van der Waals surface area contributed by atoms with Gasteiger partial charge in [0.2, 0.25) is 0 Å². The quantitative estimate of drug-likeness (QED) is 0.728. The van der Waals surface area contributed by atoms with Crippen molar-refractivity contribution in [1.29, 1.82) is 0 Å². The average molecular weight is 396 g/mol. The fourth-order valence-corrected chi connectivity index (χ4v) is 3.83. The Morgan fingerprint density at radius 1 is 1.11 bits per heavy atom. The monoisotopic (exact) mass is 396 g/mol. The van der Waals surface area contributed by atoms with Gasteiger partial charge in [0.15, 0.2) is 0 Å². The number of aromatic nitrogens is 4. The predicted molar refractivity (Wildman–Crippen MR) is 105 cm³/mol. The molecule has 1 aliphatic rings. The zero-order chi connectivity index (χ0) is 19.5. The normalized spacial score (nSPS) is 17.3. The Kier molecular flexibility index (Phi) is 5.25. The van der Waals surface area contributed by atoms with Gasteiger partial charge in [-0.2, -0.15) is 8.75 Å². The molecule has 9 heteroatoms. The molecular formula is C19H20N6O2S. The van der Waals surface area contributed by atoms with Gasteiger partial charge >= 0.3 is 0 Å². The predicted octanol–water partition coefficient (Wildman–Crippen LogP) is 2.21. The molecule has 3 aromatic rings. The van der Waals surface area contributed by atoms with E-state index in [-0.39, 0.29) is 17.9 Å². The maximum atomic E-state index is 12.9. The van der Waals surface area contributed by atoms with Crippen LogP contribution in [0.1, 0.15) is 45.8 Å². The van der Waals surface area contributed by atoms with Gasteiger partial charge in [-0.25, -0.2) is 4.98 Å². The lowest BCUT2D eigenvalue weighted by atomic mass is 10.1. The molecule has 1 saturated heterocycles. The Morgan fingerprint density at radius 2 is 1.96 bits per heavy atom. The lowest BCUT2D eigenvalue weighted by Gasteiger charge is -2.21. The molecule has 2 aromatic heterocycles. The number of benzene rings is 1. The Balaban J connectivity index is 1.38. The number of amides is 2. The molecule has 0 spiro atoms. The standard InChI is InChI=1S/C19H20N6O2S/c1-12-10-21-17(11-20-12)18(26)22-14-3-2-7-25(8-6-14)19(27)13-4-5-15-16(9-13)24-28-23-15/h4-5,9-11,14H,2-3,6-8H2,1H3,(H,22,26). The number of nitrogens with one attached hydrogen (secondary N) is 1. The van der Waals surface area contributed by atoms with Crippen molar-refractivity contribution in [2.24, 2.45) is 0 Å². The first kappa shape index (κ1) is 18.4. The van der Waals surface area contributed by atoms with Crippen LogP contribution in [0.15, 0.2) is 30.6 Å². The highest BCUT2D eigenvalue weighted by Crippen LogP contribution is 2.18. The molecule has 8 nitrogen and oxygen atoms in total. The van der Waals surface area contributed by atoms with Crippen LogP contribution in [0.3, 0.4) is 0 Å². The van der Waals surface area contributed by atoms with Crippen molar-refractivity contribution >= 4 is 34.6 Å². The minimum absolute atomic E-state index is 0.00808. The van der Waals surface area contributed by atoms with E-state index < -0.39 is 0 Å². The van der Waals surface area contributed by atoms with Crippen LogP contribution < -0.4 is 5.32 Å². The van der Waals surface area contributed by atoms with Gasteiger partial charge in [-0.1, -0.05) is 0 Å². The van der Waals surface area contributed by atoms with E-state index in [1.807, 2.05) is 17.9 Å². The molecule has 4 rings (SSSR count). The fourth-order valence-electron chi connectivity index (χ4n) is 3.31. The van der Waals surface area contributed by atoms with Crippen molar-refractivity contribution < 1.29 is 9.59 Å². The zero-order valence-corrected chi connectivity index (χ0v) is 16.3. The van der Waals surface area contributed by atoms with Crippen molar-refractivity contribution in [3.63, 3.8) is 0 Å². The molecule has 2 amide bonds. The first-order valence-electron chi connectivity index (χ1n) is 9.21. The molecule has 1 unspecified atom stereocenters. The number of rotatable bonds is 3. The highest BCUT2D eigenvalue weighted by Gasteiger charge is 2.23. The van der Waals surface area contributed by atoms with E-state index in [1.165, 1.54) is 6.20 Å². The van der Waals surface area contributed by atoms with E-state index in [9.17, 15) is 9.59 Å². The van der Waals surface area contributed by atoms with Gasteiger partial charge in [0.05, 0.1) is 23.6 Å². The number of aryl methyl sites for hydroxylation is 1. The Hall–Kier alpha value is -2.94. The highest BCUT2D eigenvalue weighted by molar-refractivity contribution is 7.00. The number of carbonyl (C=O) groups is 2. The first-order chi connectivity index (χ1) is 13.6. The molecule has 1 N–H and O–H groups in total. The maximum Gasteiger partial charge on any atom is 0.271 e.